The van der Waals surface area contributed by atoms with Gasteiger partial charge in [-0.3, -0.25) is 4.79 Å². The van der Waals surface area contributed by atoms with Gasteiger partial charge in [-0.1, -0.05) is 18.2 Å². The van der Waals surface area contributed by atoms with Crippen LogP contribution in [0, 0.1) is 5.92 Å². The summed E-state index contributed by atoms with van der Waals surface area (Å²) in [6, 6.07) is 7.30. The molecule has 8 heteroatoms. The number of carbonyl (C=O) groups is 2. The Labute approximate surface area is 160 Å². The molecule has 2 saturated heterocycles. The highest BCUT2D eigenvalue weighted by atomic mass is 35.5. The van der Waals surface area contributed by atoms with Crippen LogP contribution < -0.4 is 15.8 Å². The second-order valence-electron chi connectivity index (χ2n) is 6.62. The van der Waals surface area contributed by atoms with E-state index in [-0.39, 0.29) is 30.3 Å². The van der Waals surface area contributed by atoms with Crippen molar-refractivity contribution in [1.82, 2.24) is 15.1 Å². The molecule has 1 aromatic carbocycles. The number of piperidine rings is 1. The summed E-state index contributed by atoms with van der Waals surface area (Å²) in [4.78, 5) is 28.2. The fourth-order valence-corrected chi connectivity index (χ4v) is 3.80. The van der Waals surface area contributed by atoms with Crippen LogP contribution in [0.2, 0.25) is 0 Å². The Morgan fingerprint density at radius 1 is 1.27 bits per heavy atom. The number of para-hydroxylation sites is 1. The van der Waals surface area contributed by atoms with Crippen molar-refractivity contribution in [3.63, 3.8) is 0 Å². The van der Waals surface area contributed by atoms with Crippen LogP contribution in [0.4, 0.5) is 4.79 Å². The lowest BCUT2D eigenvalue weighted by Crippen LogP contribution is -2.53. The Morgan fingerprint density at radius 2 is 2.04 bits per heavy atom. The van der Waals surface area contributed by atoms with Gasteiger partial charge in [0.05, 0.1) is 19.1 Å². The Bertz CT molecular complexity index is 643. The number of nitrogens with zero attached hydrogens (tertiary/aromatic N) is 2. The molecule has 3 N–H and O–H groups in total. The zero-order chi connectivity index (χ0) is 17.8. The Hall–Kier alpha value is -1.99. The largest absolute Gasteiger partial charge is 0.496 e. The molecule has 26 heavy (non-hydrogen) atoms. The molecule has 0 aromatic heterocycles. The van der Waals surface area contributed by atoms with Crippen molar-refractivity contribution in [2.24, 2.45) is 11.7 Å². The molecule has 7 nitrogen and oxygen atoms in total. The predicted octanol–water partition coefficient (Wildman–Crippen LogP) is 1.38. The number of carbonyl (C=O) groups excluding carboxylic acids is 2. The van der Waals surface area contributed by atoms with E-state index in [4.69, 9.17) is 10.5 Å². The number of urea groups is 1. The number of rotatable bonds is 3. The quantitative estimate of drug-likeness (QED) is 0.826. The zero-order valence-electron chi connectivity index (χ0n) is 15.0. The molecule has 0 radical (unpaired) electrons. The molecule has 2 unspecified atom stereocenters. The predicted molar refractivity (Wildman–Crippen MR) is 101 cm³/mol. The number of hydrogen-bond donors (Lipinski definition) is 2. The lowest BCUT2D eigenvalue weighted by atomic mass is 9.94. The van der Waals surface area contributed by atoms with E-state index >= 15 is 0 Å². The first-order valence-electron chi connectivity index (χ1n) is 8.80. The molecule has 144 valence electrons. The molecule has 2 atom stereocenters. The number of benzene rings is 1. The summed E-state index contributed by atoms with van der Waals surface area (Å²) in [5, 5.41) is 3.37. The van der Waals surface area contributed by atoms with Crippen molar-refractivity contribution in [1.29, 1.82) is 0 Å². The number of methoxy groups -OCH3 is 1. The molecule has 2 aliphatic heterocycles. The van der Waals surface area contributed by atoms with Gasteiger partial charge in [0, 0.05) is 38.3 Å². The Balaban J connectivity index is 0.00000243. The van der Waals surface area contributed by atoms with E-state index in [0.29, 0.717) is 26.2 Å². The van der Waals surface area contributed by atoms with Gasteiger partial charge in [-0.05, 0) is 18.9 Å². The number of nitrogens with two attached hydrogens (primary N) is 1. The SMILES string of the molecule is COc1ccccc1C1CNCCN1C(=O)C1CCCN(C(N)=O)C1.Cl. The number of nitrogens with one attached hydrogen (secondary N) is 1. The van der Waals surface area contributed by atoms with Gasteiger partial charge in [0.25, 0.3) is 0 Å². The van der Waals surface area contributed by atoms with Gasteiger partial charge in [0.2, 0.25) is 5.91 Å². The highest BCUT2D eigenvalue weighted by Gasteiger charge is 2.36. The minimum absolute atomic E-state index is 0. The number of piperazine rings is 1. The third-order valence-electron chi connectivity index (χ3n) is 5.11. The number of primary amides is 1. The van der Waals surface area contributed by atoms with Gasteiger partial charge in [-0.2, -0.15) is 0 Å². The fourth-order valence-electron chi connectivity index (χ4n) is 3.80. The highest BCUT2D eigenvalue weighted by molar-refractivity contribution is 5.85. The third kappa shape index (κ3) is 4.22. The zero-order valence-corrected chi connectivity index (χ0v) is 15.8. The van der Waals surface area contributed by atoms with Crippen LogP contribution in [0.1, 0.15) is 24.4 Å². The number of amides is 3. The summed E-state index contributed by atoms with van der Waals surface area (Å²) in [7, 11) is 1.65. The van der Waals surface area contributed by atoms with E-state index < -0.39 is 6.03 Å². The minimum Gasteiger partial charge on any atom is -0.496 e. The first-order chi connectivity index (χ1) is 12.1. The summed E-state index contributed by atoms with van der Waals surface area (Å²) < 4.78 is 5.49. The maximum atomic E-state index is 13.2. The molecule has 3 rings (SSSR count). The third-order valence-corrected chi connectivity index (χ3v) is 5.11. The van der Waals surface area contributed by atoms with Crippen LogP contribution in [0.5, 0.6) is 5.75 Å². The average molecular weight is 383 g/mol. The standard InChI is InChI=1S/C18H26N4O3.ClH/c1-25-16-7-3-2-6-14(16)15-11-20-8-10-22(15)17(23)13-5-4-9-21(12-13)18(19)24;/h2-3,6-7,13,15,20H,4-5,8-12H2,1H3,(H2,19,24);1H. The second kappa shape index (κ2) is 9.09. The van der Waals surface area contributed by atoms with Gasteiger partial charge in [-0.25, -0.2) is 4.79 Å². The van der Waals surface area contributed by atoms with Crippen LogP contribution in [-0.2, 0) is 4.79 Å². The van der Waals surface area contributed by atoms with Gasteiger partial charge in [0.15, 0.2) is 0 Å². The van der Waals surface area contributed by atoms with Crippen LogP contribution in [0.15, 0.2) is 24.3 Å². The van der Waals surface area contributed by atoms with E-state index in [1.165, 1.54) is 0 Å². The van der Waals surface area contributed by atoms with Crippen LogP contribution in [0.25, 0.3) is 0 Å². The van der Waals surface area contributed by atoms with Crippen molar-refractivity contribution in [3.8, 4) is 5.75 Å². The van der Waals surface area contributed by atoms with Crippen molar-refractivity contribution >= 4 is 24.3 Å². The highest BCUT2D eigenvalue weighted by Crippen LogP contribution is 2.32. The molecule has 3 amide bonds. The molecule has 0 saturated carbocycles. The molecule has 0 aliphatic carbocycles. The number of ether oxygens (including phenoxy) is 1. The fraction of sp³-hybridized carbons (Fsp3) is 0.556. The van der Waals surface area contributed by atoms with E-state index in [1.54, 1.807) is 12.0 Å². The summed E-state index contributed by atoms with van der Waals surface area (Å²) in [5.74, 6) is 0.705. The van der Waals surface area contributed by atoms with Crippen molar-refractivity contribution in [2.45, 2.75) is 18.9 Å². The van der Waals surface area contributed by atoms with Crippen LogP contribution >= 0.6 is 12.4 Å². The first kappa shape index (κ1) is 20.3. The van der Waals surface area contributed by atoms with Crippen molar-refractivity contribution < 1.29 is 14.3 Å². The molecule has 0 bridgehead atoms. The summed E-state index contributed by atoms with van der Waals surface area (Å²) in [5.41, 5.74) is 6.41. The van der Waals surface area contributed by atoms with Gasteiger partial charge < -0.3 is 25.6 Å². The number of likely N-dealkylation sites (tertiary alicyclic amines) is 1. The maximum absolute atomic E-state index is 13.2. The van der Waals surface area contributed by atoms with E-state index in [0.717, 1.165) is 30.7 Å². The van der Waals surface area contributed by atoms with Crippen LogP contribution in [-0.4, -0.2) is 61.6 Å². The van der Waals surface area contributed by atoms with E-state index in [2.05, 4.69) is 5.32 Å². The molecule has 0 spiro atoms. The Kier molecular flexibility index (Phi) is 7.11. The monoisotopic (exact) mass is 382 g/mol. The molecule has 1 aromatic rings. The molecule has 2 fully saturated rings. The topological polar surface area (TPSA) is 87.9 Å². The second-order valence-corrected chi connectivity index (χ2v) is 6.62. The molecule has 2 aliphatic rings. The van der Waals surface area contributed by atoms with Gasteiger partial charge in [-0.15, -0.1) is 12.4 Å². The lowest BCUT2D eigenvalue weighted by Gasteiger charge is -2.40. The van der Waals surface area contributed by atoms with Gasteiger partial charge in [0.1, 0.15) is 5.75 Å². The normalized spacial score (nSPS) is 23.1. The number of hydrogen-bond acceptors (Lipinski definition) is 4. The molecular formula is C18H27ClN4O3. The smallest absolute Gasteiger partial charge is 0.314 e. The summed E-state index contributed by atoms with van der Waals surface area (Å²) >= 11 is 0. The van der Waals surface area contributed by atoms with Crippen LogP contribution in [0.3, 0.4) is 0 Å². The first-order valence-corrected chi connectivity index (χ1v) is 8.80. The van der Waals surface area contributed by atoms with E-state index in [1.807, 2.05) is 29.2 Å². The van der Waals surface area contributed by atoms with Gasteiger partial charge >= 0.3 is 6.03 Å². The Morgan fingerprint density at radius 3 is 2.77 bits per heavy atom. The summed E-state index contributed by atoms with van der Waals surface area (Å²) in [6.45, 7) is 3.16. The minimum atomic E-state index is -0.445. The van der Waals surface area contributed by atoms with E-state index in [9.17, 15) is 9.59 Å². The summed E-state index contributed by atoms with van der Waals surface area (Å²) in [6.07, 6.45) is 1.61. The molecule has 2 heterocycles. The average Bonchev–Trinajstić information content (AvgIpc) is 2.67. The molecular weight excluding hydrogens is 356 g/mol. The van der Waals surface area contributed by atoms with Crippen molar-refractivity contribution in [2.75, 3.05) is 39.8 Å². The van der Waals surface area contributed by atoms with Crippen molar-refractivity contribution in [3.05, 3.63) is 29.8 Å². The number of halogens is 1. The maximum Gasteiger partial charge on any atom is 0.314 e. The lowest BCUT2D eigenvalue weighted by molar-refractivity contribution is -0.140.